The van der Waals surface area contributed by atoms with Crippen molar-refractivity contribution < 1.29 is 0 Å². The molecule has 1 aromatic rings. The van der Waals surface area contributed by atoms with Gasteiger partial charge < -0.3 is 9.88 Å². The third-order valence-corrected chi connectivity index (χ3v) is 3.69. The Morgan fingerprint density at radius 2 is 2.00 bits per heavy atom. The number of hydrogen-bond acceptors (Lipinski definition) is 3. The van der Waals surface area contributed by atoms with E-state index in [9.17, 15) is 0 Å². The van der Waals surface area contributed by atoms with Crippen molar-refractivity contribution in [1.29, 1.82) is 0 Å². The third kappa shape index (κ3) is 2.69. The maximum Gasteiger partial charge on any atom is 0.127 e. The number of likely N-dealkylation sites (N-methyl/N-ethyl adjacent to an activating group) is 2. The molecule has 0 spiro atoms. The number of aryl methyl sites for hydroxylation is 1. The van der Waals surface area contributed by atoms with Crippen molar-refractivity contribution >= 4 is 0 Å². The fourth-order valence-corrected chi connectivity index (χ4v) is 2.67. The number of hydrogen-bond donors (Lipinski definition) is 1. The van der Waals surface area contributed by atoms with Crippen LogP contribution in [0.2, 0.25) is 0 Å². The van der Waals surface area contributed by atoms with Crippen molar-refractivity contribution in [3.63, 3.8) is 0 Å². The summed E-state index contributed by atoms with van der Waals surface area (Å²) in [6.45, 7) is 11.1. The van der Waals surface area contributed by atoms with E-state index in [1.807, 2.05) is 26.5 Å². The van der Waals surface area contributed by atoms with Crippen molar-refractivity contribution in [3.8, 4) is 0 Å². The molecule has 0 fully saturated rings. The maximum absolute atomic E-state index is 4.48. The van der Waals surface area contributed by atoms with Gasteiger partial charge in [0.05, 0.1) is 6.04 Å². The van der Waals surface area contributed by atoms with Crippen molar-refractivity contribution in [1.82, 2.24) is 19.8 Å². The van der Waals surface area contributed by atoms with Gasteiger partial charge in [-0.2, -0.15) is 0 Å². The predicted octanol–water partition coefficient (Wildman–Crippen LogP) is 1.80. The van der Waals surface area contributed by atoms with Crippen LogP contribution < -0.4 is 5.32 Å². The zero-order valence-corrected chi connectivity index (χ0v) is 12.0. The molecule has 17 heavy (non-hydrogen) atoms. The molecule has 0 radical (unpaired) electrons. The molecule has 1 rings (SSSR count). The third-order valence-electron chi connectivity index (χ3n) is 3.69. The van der Waals surface area contributed by atoms with Gasteiger partial charge in [0.25, 0.3) is 0 Å². The fraction of sp³-hybridized carbons (Fsp3) is 0.769. The minimum atomic E-state index is 0.0391. The fourth-order valence-electron chi connectivity index (χ4n) is 2.67. The highest BCUT2D eigenvalue weighted by Gasteiger charge is 2.36. The summed E-state index contributed by atoms with van der Waals surface area (Å²) >= 11 is 0. The van der Waals surface area contributed by atoms with Gasteiger partial charge in [-0.05, 0) is 34.0 Å². The normalized spacial score (nSPS) is 14.3. The van der Waals surface area contributed by atoms with Crippen LogP contribution >= 0.6 is 0 Å². The van der Waals surface area contributed by atoms with E-state index in [0.717, 1.165) is 18.9 Å². The highest BCUT2D eigenvalue weighted by Crippen LogP contribution is 2.29. The molecule has 1 aromatic heterocycles. The van der Waals surface area contributed by atoms with E-state index in [2.05, 4.69) is 47.5 Å². The van der Waals surface area contributed by atoms with Crippen LogP contribution in [0.4, 0.5) is 0 Å². The summed E-state index contributed by atoms with van der Waals surface area (Å²) in [5.74, 6) is 1.09. The molecule has 0 aromatic carbocycles. The van der Waals surface area contributed by atoms with Crippen LogP contribution in [0.25, 0.3) is 0 Å². The first kappa shape index (κ1) is 14.2. The lowest BCUT2D eigenvalue weighted by atomic mass is 9.91. The first-order valence-electron chi connectivity index (χ1n) is 6.38. The lowest BCUT2D eigenvalue weighted by Crippen LogP contribution is -2.52. The molecule has 0 bridgehead atoms. The Morgan fingerprint density at radius 1 is 1.41 bits per heavy atom. The number of aromatic nitrogens is 2. The maximum atomic E-state index is 4.48. The van der Waals surface area contributed by atoms with Gasteiger partial charge in [-0.25, -0.2) is 4.98 Å². The summed E-state index contributed by atoms with van der Waals surface area (Å²) in [7, 11) is 4.05. The van der Waals surface area contributed by atoms with E-state index >= 15 is 0 Å². The summed E-state index contributed by atoms with van der Waals surface area (Å²) in [4.78, 5) is 6.94. The Bertz CT molecular complexity index is 339. The first-order valence-corrected chi connectivity index (χ1v) is 6.38. The molecular weight excluding hydrogens is 212 g/mol. The van der Waals surface area contributed by atoms with Crippen LogP contribution in [-0.4, -0.2) is 40.1 Å². The van der Waals surface area contributed by atoms with Gasteiger partial charge >= 0.3 is 0 Å². The highest BCUT2D eigenvalue weighted by molar-refractivity contribution is 5.07. The van der Waals surface area contributed by atoms with Crippen LogP contribution in [0.3, 0.4) is 0 Å². The number of imidazole rings is 1. The quantitative estimate of drug-likeness (QED) is 0.820. The Hall–Kier alpha value is -0.870. The summed E-state index contributed by atoms with van der Waals surface area (Å²) in [6.07, 6.45) is 3.86. The molecular formula is C13H26N4. The molecule has 0 aliphatic rings. The SMILES string of the molecule is CCN(CC)C(C)(C)C(NC)c1nccn1C. The Morgan fingerprint density at radius 3 is 2.35 bits per heavy atom. The molecule has 1 N–H and O–H groups in total. The van der Waals surface area contributed by atoms with Crippen LogP contribution in [0, 0.1) is 0 Å². The minimum absolute atomic E-state index is 0.0391. The second-order valence-corrected chi connectivity index (χ2v) is 4.94. The van der Waals surface area contributed by atoms with E-state index in [1.54, 1.807) is 0 Å². The first-order chi connectivity index (χ1) is 7.98. The van der Waals surface area contributed by atoms with Crippen LogP contribution in [0.15, 0.2) is 12.4 Å². The van der Waals surface area contributed by atoms with Gasteiger partial charge in [0.15, 0.2) is 0 Å². The van der Waals surface area contributed by atoms with Crippen molar-refractivity contribution in [2.75, 3.05) is 20.1 Å². The summed E-state index contributed by atoms with van der Waals surface area (Å²) in [5, 5.41) is 3.41. The second-order valence-electron chi connectivity index (χ2n) is 4.94. The molecule has 1 heterocycles. The lowest BCUT2D eigenvalue weighted by Gasteiger charge is -2.42. The number of nitrogens with one attached hydrogen (secondary N) is 1. The lowest BCUT2D eigenvalue weighted by molar-refractivity contribution is 0.0899. The van der Waals surface area contributed by atoms with Crippen molar-refractivity contribution in [2.24, 2.45) is 7.05 Å². The molecule has 0 aliphatic heterocycles. The van der Waals surface area contributed by atoms with Gasteiger partial charge in [0, 0.05) is 25.0 Å². The molecule has 98 valence electrons. The standard InChI is InChI=1S/C13H26N4/c1-7-17(8-2)13(3,4)11(14-5)12-15-9-10-16(12)6/h9-11,14H,7-8H2,1-6H3. The van der Waals surface area contributed by atoms with Gasteiger partial charge in [-0.1, -0.05) is 13.8 Å². The summed E-state index contributed by atoms with van der Waals surface area (Å²) in [6, 6.07) is 0.224. The van der Waals surface area contributed by atoms with Gasteiger partial charge in [0.1, 0.15) is 5.82 Å². The zero-order chi connectivity index (χ0) is 13.1. The average molecular weight is 238 g/mol. The number of rotatable bonds is 6. The molecule has 0 amide bonds. The van der Waals surface area contributed by atoms with E-state index in [1.165, 1.54) is 0 Å². The van der Waals surface area contributed by atoms with Crippen molar-refractivity contribution in [2.45, 2.75) is 39.3 Å². The second kappa shape index (κ2) is 5.65. The number of nitrogens with zero attached hydrogens (tertiary/aromatic N) is 3. The van der Waals surface area contributed by atoms with Crippen LogP contribution in [0.1, 0.15) is 39.6 Å². The largest absolute Gasteiger partial charge is 0.337 e. The van der Waals surface area contributed by atoms with E-state index in [4.69, 9.17) is 0 Å². The van der Waals surface area contributed by atoms with Gasteiger partial charge in [0.2, 0.25) is 0 Å². The minimum Gasteiger partial charge on any atom is -0.337 e. The molecule has 0 aliphatic carbocycles. The molecule has 0 saturated heterocycles. The summed E-state index contributed by atoms with van der Waals surface area (Å²) in [5.41, 5.74) is 0.0391. The van der Waals surface area contributed by atoms with Crippen LogP contribution in [-0.2, 0) is 7.05 Å². The Kier molecular flexibility index (Phi) is 4.71. The highest BCUT2D eigenvalue weighted by atomic mass is 15.2. The zero-order valence-electron chi connectivity index (χ0n) is 12.0. The smallest absolute Gasteiger partial charge is 0.127 e. The summed E-state index contributed by atoms with van der Waals surface area (Å²) < 4.78 is 2.09. The molecule has 4 heteroatoms. The van der Waals surface area contributed by atoms with Crippen LogP contribution in [0.5, 0.6) is 0 Å². The Balaban J connectivity index is 3.05. The van der Waals surface area contributed by atoms with Gasteiger partial charge in [-0.3, -0.25) is 4.90 Å². The molecule has 4 nitrogen and oxygen atoms in total. The molecule has 1 atom stereocenters. The average Bonchev–Trinajstić information content (AvgIpc) is 2.67. The van der Waals surface area contributed by atoms with Crippen molar-refractivity contribution in [3.05, 3.63) is 18.2 Å². The predicted molar refractivity (Wildman–Crippen MR) is 72.0 cm³/mol. The Labute approximate surface area is 105 Å². The molecule has 1 unspecified atom stereocenters. The van der Waals surface area contributed by atoms with E-state index < -0.39 is 0 Å². The monoisotopic (exact) mass is 238 g/mol. The molecule has 0 saturated carbocycles. The van der Waals surface area contributed by atoms with Gasteiger partial charge in [-0.15, -0.1) is 0 Å². The van der Waals surface area contributed by atoms with E-state index in [0.29, 0.717) is 0 Å². The topological polar surface area (TPSA) is 33.1 Å². The van der Waals surface area contributed by atoms with E-state index in [-0.39, 0.29) is 11.6 Å².